The molecule has 102 valence electrons. The minimum Gasteiger partial charge on any atom is -0.378 e. The van der Waals surface area contributed by atoms with Crippen LogP contribution in [0.5, 0.6) is 0 Å². The Balaban J connectivity index is 2.09. The van der Waals surface area contributed by atoms with Crippen LogP contribution in [0.25, 0.3) is 0 Å². The second-order valence-electron chi connectivity index (χ2n) is 5.29. The number of ether oxygens (including phenoxy) is 1. The minimum absolute atomic E-state index is 0.234. The molecule has 0 spiro atoms. The van der Waals surface area contributed by atoms with Crippen LogP contribution in [0.1, 0.15) is 32.8 Å². The predicted octanol–water partition coefficient (Wildman–Crippen LogP) is 1.85. The number of nitrogens with one attached hydrogen (secondary N) is 1. The maximum Gasteiger partial charge on any atom is 0.0619 e. The van der Waals surface area contributed by atoms with Gasteiger partial charge in [0, 0.05) is 31.3 Å². The molecule has 1 aromatic rings. The summed E-state index contributed by atoms with van der Waals surface area (Å²) in [6.45, 7) is 10.3. The topological polar surface area (TPSA) is 39.1 Å². The molecule has 2 unspecified atom stereocenters. The van der Waals surface area contributed by atoms with E-state index in [4.69, 9.17) is 4.74 Å². The minimum atomic E-state index is 0.234. The first-order valence-corrected chi connectivity index (χ1v) is 7.04. The first-order chi connectivity index (χ1) is 8.70. The van der Waals surface area contributed by atoms with Gasteiger partial charge in [0.25, 0.3) is 0 Å². The predicted molar refractivity (Wildman–Crippen MR) is 72.6 cm³/mol. The molecule has 0 radical (unpaired) electrons. The summed E-state index contributed by atoms with van der Waals surface area (Å²) >= 11 is 0. The highest BCUT2D eigenvalue weighted by Gasteiger charge is 2.41. The molecule has 0 amide bonds. The van der Waals surface area contributed by atoms with Crippen LogP contribution in [-0.2, 0) is 17.7 Å². The second-order valence-corrected chi connectivity index (χ2v) is 5.29. The molecule has 4 heteroatoms. The van der Waals surface area contributed by atoms with Crippen LogP contribution < -0.4 is 5.32 Å². The summed E-state index contributed by atoms with van der Waals surface area (Å²) < 4.78 is 7.80. The maximum atomic E-state index is 5.80. The van der Waals surface area contributed by atoms with Gasteiger partial charge in [-0.05, 0) is 38.8 Å². The van der Waals surface area contributed by atoms with Crippen molar-refractivity contribution in [1.82, 2.24) is 15.1 Å². The van der Waals surface area contributed by atoms with Gasteiger partial charge in [-0.3, -0.25) is 4.68 Å². The zero-order valence-corrected chi connectivity index (χ0v) is 11.8. The smallest absolute Gasteiger partial charge is 0.0619 e. The first kappa shape index (κ1) is 13.6. The van der Waals surface area contributed by atoms with Crippen LogP contribution in [0.4, 0.5) is 0 Å². The lowest BCUT2D eigenvalue weighted by molar-refractivity contribution is 0.0633. The highest BCUT2D eigenvalue weighted by molar-refractivity contribution is 5.10. The van der Waals surface area contributed by atoms with Crippen molar-refractivity contribution in [2.45, 2.75) is 46.3 Å². The average molecular weight is 251 g/mol. The third-order valence-corrected chi connectivity index (χ3v) is 4.12. The van der Waals surface area contributed by atoms with Gasteiger partial charge in [0.05, 0.1) is 12.3 Å². The monoisotopic (exact) mass is 251 g/mol. The molecule has 1 fully saturated rings. The molecule has 4 nitrogen and oxygen atoms in total. The van der Waals surface area contributed by atoms with Gasteiger partial charge in [-0.1, -0.05) is 6.92 Å². The first-order valence-electron chi connectivity index (χ1n) is 7.04. The number of hydrogen-bond donors (Lipinski definition) is 1. The van der Waals surface area contributed by atoms with E-state index in [0.717, 1.165) is 39.1 Å². The van der Waals surface area contributed by atoms with Crippen molar-refractivity contribution < 1.29 is 4.74 Å². The largest absolute Gasteiger partial charge is 0.378 e. The molecule has 2 heterocycles. The Labute approximate surface area is 110 Å². The van der Waals surface area contributed by atoms with E-state index < -0.39 is 0 Å². The average Bonchev–Trinajstić information content (AvgIpc) is 2.96. The molecule has 1 saturated heterocycles. The Hall–Kier alpha value is -0.870. The van der Waals surface area contributed by atoms with Crippen molar-refractivity contribution in [3.05, 3.63) is 18.0 Å². The number of aromatic nitrogens is 2. The van der Waals surface area contributed by atoms with Crippen LogP contribution in [0.3, 0.4) is 0 Å². The Morgan fingerprint density at radius 3 is 2.94 bits per heavy atom. The second kappa shape index (κ2) is 5.85. The van der Waals surface area contributed by atoms with Crippen molar-refractivity contribution in [1.29, 1.82) is 0 Å². The summed E-state index contributed by atoms with van der Waals surface area (Å²) in [5, 5.41) is 7.86. The van der Waals surface area contributed by atoms with Gasteiger partial charge in [0.15, 0.2) is 0 Å². The number of rotatable bonds is 6. The van der Waals surface area contributed by atoms with Gasteiger partial charge >= 0.3 is 0 Å². The quantitative estimate of drug-likeness (QED) is 0.838. The van der Waals surface area contributed by atoms with E-state index in [1.54, 1.807) is 0 Å². The zero-order chi connectivity index (χ0) is 13.0. The van der Waals surface area contributed by atoms with Gasteiger partial charge in [-0.15, -0.1) is 0 Å². The van der Waals surface area contributed by atoms with E-state index in [1.807, 2.05) is 10.9 Å². The summed E-state index contributed by atoms with van der Waals surface area (Å²) in [7, 11) is 0. The van der Waals surface area contributed by atoms with E-state index in [0.29, 0.717) is 6.10 Å². The van der Waals surface area contributed by atoms with Crippen molar-refractivity contribution in [3.63, 3.8) is 0 Å². The normalized spacial score (nSPS) is 27.8. The van der Waals surface area contributed by atoms with E-state index >= 15 is 0 Å². The maximum absolute atomic E-state index is 5.80. The number of nitrogens with zero attached hydrogens (tertiary/aromatic N) is 2. The molecule has 2 rings (SSSR count). The number of aryl methyl sites for hydroxylation is 1. The van der Waals surface area contributed by atoms with E-state index in [2.05, 4.69) is 37.4 Å². The fraction of sp³-hybridized carbons (Fsp3) is 0.786. The van der Waals surface area contributed by atoms with Crippen molar-refractivity contribution in [2.24, 2.45) is 5.41 Å². The van der Waals surface area contributed by atoms with Crippen LogP contribution in [0.15, 0.2) is 12.4 Å². The van der Waals surface area contributed by atoms with Crippen LogP contribution >= 0.6 is 0 Å². The molecule has 18 heavy (non-hydrogen) atoms. The lowest BCUT2D eigenvalue weighted by Gasteiger charge is -2.32. The molecule has 0 aliphatic carbocycles. The molecule has 0 bridgehead atoms. The highest BCUT2D eigenvalue weighted by atomic mass is 16.5. The SMILES string of the molecule is CCNCC1(Cc2cnn(CC)c2)CCOC1C. The Morgan fingerprint density at radius 2 is 2.39 bits per heavy atom. The standard InChI is InChI=1S/C14H25N3O/c1-4-15-11-14(6-7-18-12(14)3)8-13-9-16-17(5-2)10-13/h9-10,12,15H,4-8,11H2,1-3H3. The summed E-state index contributed by atoms with van der Waals surface area (Å²) in [5.74, 6) is 0. The Bertz CT molecular complexity index is 377. The Morgan fingerprint density at radius 1 is 1.56 bits per heavy atom. The lowest BCUT2D eigenvalue weighted by Crippen LogP contribution is -2.41. The molecule has 0 saturated carbocycles. The molecule has 1 aromatic heterocycles. The third-order valence-electron chi connectivity index (χ3n) is 4.12. The van der Waals surface area contributed by atoms with Gasteiger partial charge < -0.3 is 10.1 Å². The molecule has 2 atom stereocenters. The van der Waals surface area contributed by atoms with Crippen LogP contribution in [-0.4, -0.2) is 35.6 Å². The fourth-order valence-electron chi connectivity index (χ4n) is 2.80. The fourth-order valence-corrected chi connectivity index (χ4v) is 2.80. The summed E-state index contributed by atoms with van der Waals surface area (Å²) in [6.07, 6.45) is 6.68. The van der Waals surface area contributed by atoms with E-state index in [9.17, 15) is 0 Å². The molecule has 1 aliphatic rings. The van der Waals surface area contributed by atoms with Gasteiger partial charge in [-0.25, -0.2) is 0 Å². The summed E-state index contributed by atoms with van der Waals surface area (Å²) in [4.78, 5) is 0. The highest BCUT2D eigenvalue weighted by Crippen LogP contribution is 2.37. The molecule has 0 aromatic carbocycles. The summed E-state index contributed by atoms with van der Waals surface area (Å²) in [5.41, 5.74) is 1.56. The molecular formula is C14H25N3O. The van der Waals surface area contributed by atoms with E-state index in [1.165, 1.54) is 5.56 Å². The summed E-state index contributed by atoms with van der Waals surface area (Å²) in [6, 6.07) is 0. The van der Waals surface area contributed by atoms with Crippen molar-refractivity contribution in [3.8, 4) is 0 Å². The molecule has 1 aliphatic heterocycles. The lowest BCUT2D eigenvalue weighted by atomic mass is 9.76. The van der Waals surface area contributed by atoms with Crippen LogP contribution in [0.2, 0.25) is 0 Å². The molecule has 1 N–H and O–H groups in total. The zero-order valence-electron chi connectivity index (χ0n) is 11.8. The van der Waals surface area contributed by atoms with Gasteiger partial charge in [0.1, 0.15) is 0 Å². The van der Waals surface area contributed by atoms with Crippen molar-refractivity contribution >= 4 is 0 Å². The van der Waals surface area contributed by atoms with E-state index in [-0.39, 0.29) is 5.41 Å². The number of hydrogen-bond acceptors (Lipinski definition) is 3. The van der Waals surface area contributed by atoms with Crippen molar-refractivity contribution in [2.75, 3.05) is 19.7 Å². The third kappa shape index (κ3) is 2.75. The molecular weight excluding hydrogens is 226 g/mol. The Kier molecular flexibility index (Phi) is 4.40. The van der Waals surface area contributed by atoms with Gasteiger partial charge in [-0.2, -0.15) is 5.10 Å². The van der Waals surface area contributed by atoms with Crippen LogP contribution in [0, 0.1) is 5.41 Å². The van der Waals surface area contributed by atoms with Gasteiger partial charge in [0.2, 0.25) is 0 Å².